The standard InChI is InChI=1S/C18H14ClN3O3S/c19-13-6-3-5-11(8-13)14-7-2-1-4-12(14)10-20-22-18-21-17(25)15(26-18)9-16(23)24/h1-8,10,15H,9H2,(H,23,24)(H,21,22,25). The summed E-state index contributed by atoms with van der Waals surface area (Å²) in [5, 5.41) is 19.6. The molecule has 26 heavy (non-hydrogen) atoms. The fourth-order valence-corrected chi connectivity index (χ4v) is 3.52. The first-order valence-electron chi connectivity index (χ1n) is 7.68. The van der Waals surface area contributed by atoms with Crippen molar-refractivity contribution in [3.8, 4) is 11.1 Å². The third-order valence-electron chi connectivity index (χ3n) is 3.58. The molecule has 1 saturated heterocycles. The molecule has 1 fully saturated rings. The molecule has 2 aromatic rings. The molecule has 2 aromatic carbocycles. The molecule has 0 saturated carbocycles. The number of carboxylic acid groups (broad SMARTS) is 1. The molecular formula is C18H14ClN3O3S. The summed E-state index contributed by atoms with van der Waals surface area (Å²) < 4.78 is 0. The Kier molecular flexibility index (Phi) is 5.70. The van der Waals surface area contributed by atoms with E-state index in [4.69, 9.17) is 16.7 Å². The Labute approximate surface area is 159 Å². The molecule has 6 nitrogen and oxygen atoms in total. The predicted octanol–water partition coefficient (Wildman–Crippen LogP) is 3.40. The summed E-state index contributed by atoms with van der Waals surface area (Å²) in [6.45, 7) is 0. The molecule has 1 heterocycles. The highest BCUT2D eigenvalue weighted by Crippen LogP contribution is 2.25. The third-order valence-corrected chi connectivity index (χ3v) is 4.89. The first-order valence-corrected chi connectivity index (χ1v) is 8.94. The van der Waals surface area contributed by atoms with E-state index in [1.165, 1.54) is 0 Å². The van der Waals surface area contributed by atoms with Crippen molar-refractivity contribution in [2.75, 3.05) is 0 Å². The highest BCUT2D eigenvalue weighted by atomic mass is 35.5. The zero-order valence-corrected chi connectivity index (χ0v) is 15.0. The van der Waals surface area contributed by atoms with Crippen LogP contribution >= 0.6 is 23.4 Å². The zero-order chi connectivity index (χ0) is 18.5. The van der Waals surface area contributed by atoms with Gasteiger partial charge in [0.05, 0.1) is 12.6 Å². The number of carboxylic acids is 1. The van der Waals surface area contributed by atoms with E-state index in [1.54, 1.807) is 12.3 Å². The van der Waals surface area contributed by atoms with Gasteiger partial charge in [-0.15, -0.1) is 5.10 Å². The zero-order valence-electron chi connectivity index (χ0n) is 13.4. The molecule has 0 aromatic heterocycles. The molecule has 1 aliphatic rings. The van der Waals surface area contributed by atoms with E-state index in [2.05, 4.69) is 15.5 Å². The molecule has 0 radical (unpaired) electrons. The molecule has 3 rings (SSSR count). The third kappa shape index (κ3) is 4.50. The molecule has 2 N–H and O–H groups in total. The van der Waals surface area contributed by atoms with Gasteiger partial charge in [0.15, 0.2) is 5.17 Å². The van der Waals surface area contributed by atoms with Crippen molar-refractivity contribution < 1.29 is 14.7 Å². The molecule has 8 heteroatoms. The first-order chi connectivity index (χ1) is 12.5. The van der Waals surface area contributed by atoms with E-state index in [-0.39, 0.29) is 17.5 Å². The Morgan fingerprint density at radius 2 is 2.08 bits per heavy atom. The molecule has 1 unspecified atom stereocenters. The van der Waals surface area contributed by atoms with Gasteiger partial charge >= 0.3 is 5.97 Å². The van der Waals surface area contributed by atoms with Crippen molar-refractivity contribution in [2.45, 2.75) is 11.7 Å². The van der Waals surface area contributed by atoms with Crippen molar-refractivity contribution in [1.82, 2.24) is 5.32 Å². The second-order valence-corrected chi connectivity index (χ2v) is 7.07. The number of hydrogen-bond donors (Lipinski definition) is 2. The van der Waals surface area contributed by atoms with Crippen molar-refractivity contribution >= 4 is 46.6 Å². The maximum atomic E-state index is 11.7. The van der Waals surface area contributed by atoms with Crippen molar-refractivity contribution in [1.29, 1.82) is 0 Å². The molecule has 1 amide bonds. The van der Waals surface area contributed by atoms with Crippen LogP contribution in [0.4, 0.5) is 0 Å². The lowest BCUT2D eigenvalue weighted by molar-refractivity contribution is -0.138. The van der Waals surface area contributed by atoms with E-state index in [9.17, 15) is 9.59 Å². The summed E-state index contributed by atoms with van der Waals surface area (Å²) in [6, 6.07) is 15.2. The average molecular weight is 388 g/mol. The van der Waals surface area contributed by atoms with Crippen molar-refractivity contribution in [3.63, 3.8) is 0 Å². The molecule has 0 bridgehead atoms. The van der Waals surface area contributed by atoms with E-state index in [0.717, 1.165) is 28.5 Å². The second-order valence-electron chi connectivity index (χ2n) is 5.44. The van der Waals surface area contributed by atoms with Crippen LogP contribution < -0.4 is 5.32 Å². The van der Waals surface area contributed by atoms with Crippen LogP contribution in [0, 0.1) is 0 Å². The largest absolute Gasteiger partial charge is 0.481 e. The minimum atomic E-state index is -1.03. The maximum absolute atomic E-state index is 11.7. The molecular weight excluding hydrogens is 374 g/mol. The monoisotopic (exact) mass is 387 g/mol. The first kappa shape index (κ1) is 18.2. The summed E-state index contributed by atoms with van der Waals surface area (Å²) in [7, 11) is 0. The van der Waals surface area contributed by atoms with Crippen molar-refractivity contribution in [2.24, 2.45) is 10.2 Å². The van der Waals surface area contributed by atoms with E-state index in [1.807, 2.05) is 42.5 Å². The summed E-state index contributed by atoms with van der Waals surface area (Å²) in [5.41, 5.74) is 2.75. The Bertz CT molecular complexity index is 914. The van der Waals surface area contributed by atoms with Crippen LogP contribution in [0.2, 0.25) is 5.02 Å². The second kappa shape index (κ2) is 8.16. The van der Waals surface area contributed by atoms with Crippen molar-refractivity contribution in [3.05, 3.63) is 59.1 Å². The number of amidine groups is 1. The molecule has 132 valence electrons. The lowest BCUT2D eigenvalue weighted by atomic mass is 10.0. The summed E-state index contributed by atoms with van der Waals surface area (Å²) in [5.74, 6) is -1.40. The normalized spacial score (nSPS) is 18.4. The van der Waals surface area contributed by atoms with E-state index < -0.39 is 11.2 Å². The maximum Gasteiger partial charge on any atom is 0.305 e. The topological polar surface area (TPSA) is 91.1 Å². The summed E-state index contributed by atoms with van der Waals surface area (Å²) in [6.07, 6.45) is 1.33. The van der Waals surface area contributed by atoms with Crippen LogP contribution in [0.3, 0.4) is 0 Å². The quantitative estimate of drug-likeness (QED) is 0.607. The number of carbonyl (C=O) groups is 2. The molecule has 0 spiro atoms. The number of hydrogen-bond acceptors (Lipinski definition) is 5. The highest BCUT2D eigenvalue weighted by molar-refractivity contribution is 8.15. The van der Waals surface area contributed by atoms with E-state index >= 15 is 0 Å². The van der Waals surface area contributed by atoms with Gasteiger partial charge in [0, 0.05) is 10.6 Å². The van der Waals surface area contributed by atoms with Gasteiger partial charge in [-0.3, -0.25) is 9.59 Å². The van der Waals surface area contributed by atoms with Crippen LogP contribution in [0.1, 0.15) is 12.0 Å². The number of aliphatic carboxylic acids is 1. The van der Waals surface area contributed by atoms with Gasteiger partial charge in [0.25, 0.3) is 0 Å². The smallest absolute Gasteiger partial charge is 0.305 e. The van der Waals surface area contributed by atoms with Gasteiger partial charge in [-0.1, -0.05) is 59.8 Å². The Morgan fingerprint density at radius 1 is 1.27 bits per heavy atom. The fraction of sp³-hybridized carbons (Fsp3) is 0.111. The van der Waals surface area contributed by atoms with Crippen LogP contribution in [0.5, 0.6) is 0 Å². The van der Waals surface area contributed by atoms with Gasteiger partial charge in [0.1, 0.15) is 5.25 Å². The van der Waals surface area contributed by atoms with Gasteiger partial charge in [-0.2, -0.15) is 5.10 Å². The number of halogens is 1. The van der Waals surface area contributed by atoms with Gasteiger partial charge in [-0.25, -0.2) is 0 Å². The number of nitrogens with one attached hydrogen (secondary N) is 1. The number of thioether (sulfide) groups is 1. The number of amides is 1. The predicted molar refractivity (Wildman–Crippen MR) is 104 cm³/mol. The minimum absolute atomic E-state index is 0.253. The van der Waals surface area contributed by atoms with Crippen LogP contribution in [-0.2, 0) is 9.59 Å². The minimum Gasteiger partial charge on any atom is -0.481 e. The van der Waals surface area contributed by atoms with Gasteiger partial charge in [0.2, 0.25) is 5.91 Å². The molecule has 1 aliphatic heterocycles. The number of rotatable bonds is 5. The number of nitrogens with zero attached hydrogens (tertiary/aromatic N) is 2. The van der Waals surface area contributed by atoms with Gasteiger partial charge < -0.3 is 10.4 Å². The Morgan fingerprint density at radius 3 is 2.85 bits per heavy atom. The SMILES string of the molecule is O=C(O)CC1SC(=NN=Cc2ccccc2-c2cccc(Cl)c2)NC1=O. The van der Waals surface area contributed by atoms with Crippen LogP contribution in [0.25, 0.3) is 11.1 Å². The highest BCUT2D eigenvalue weighted by Gasteiger charge is 2.32. The summed E-state index contributed by atoms with van der Waals surface area (Å²) >= 11 is 7.12. The number of carbonyl (C=O) groups excluding carboxylic acids is 1. The number of benzene rings is 2. The lowest BCUT2D eigenvalue weighted by Crippen LogP contribution is -2.26. The Hall–Kier alpha value is -2.64. The Balaban J connectivity index is 1.78. The molecule has 0 aliphatic carbocycles. The van der Waals surface area contributed by atoms with Crippen LogP contribution in [0.15, 0.2) is 58.7 Å². The van der Waals surface area contributed by atoms with E-state index in [0.29, 0.717) is 5.02 Å². The fourth-order valence-electron chi connectivity index (χ4n) is 2.42. The lowest BCUT2D eigenvalue weighted by Gasteiger charge is -2.05. The van der Waals surface area contributed by atoms with Gasteiger partial charge in [-0.05, 0) is 23.3 Å². The van der Waals surface area contributed by atoms with Crippen LogP contribution in [-0.4, -0.2) is 33.6 Å². The summed E-state index contributed by atoms with van der Waals surface area (Å²) in [4.78, 5) is 22.4. The average Bonchev–Trinajstić information content (AvgIpc) is 2.94. The molecule has 1 atom stereocenters.